The summed E-state index contributed by atoms with van der Waals surface area (Å²) in [7, 11) is 0. The summed E-state index contributed by atoms with van der Waals surface area (Å²) in [5.74, 6) is 1.65. The van der Waals surface area contributed by atoms with E-state index in [1.54, 1.807) is 12.1 Å². The van der Waals surface area contributed by atoms with Crippen molar-refractivity contribution in [1.29, 1.82) is 0 Å². The van der Waals surface area contributed by atoms with E-state index in [4.69, 9.17) is 5.11 Å². The lowest BCUT2D eigenvalue weighted by Gasteiger charge is -2.12. The van der Waals surface area contributed by atoms with Crippen molar-refractivity contribution in [3.63, 3.8) is 0 Å². The molecule has 2 rings (SSSR count). The first-order chi connectivity index (χ1) is 6.77. The topological polar surface area (TPSA) is 44.6 Å². The number of hydrogen-bond donors (Lipinski definition) is 2. The number of halogens is 1. The van der Waals surface area contributed by atoms with Crippen LogP contribution in [0.25, 0.3) is 0 Å². The standard InChI is InChI=1S/C11H14N2O.BrH/c1-8(11-12-6-7-13-11)9-2-4-10(14)5-3-9;/h2-5,8,14H,6-7H2,1H3,(H,12,13);1H. The molecule has 0 bridgehead atoms. The van der Waals surface area contributed by atoms with Crippen LogP contribution in [0, 0.1) is 0 Å². The number of nitrogens with one attached hydrogen (secondary N) is 1. The predicted molar refractivity (Wildman–Crippen MR) is 67.1 cm³/mol. The third-order valence-corrected chi connectivity index (χ3v) is 2.50. The highest BCUT2D eigenvalue weighted by Crippen LogP contribution is 2.19. The molecule has 4 heteroatoms. The Morgan fingerprint density at radius 2 is 2.00 bits per heavy atom. The molecule has 1 aliphatic rings. The lowest BCUT2D eigenvalue weighted by Crippen LogP contribution is -2.23. The number of aromatic hydroxyl groups is 1. The van der Waals surface area contributed by atoms with E-state index < -0.39 is 0 Å². The van der Waals surface area contributed by atoms with Gasteiger partial charge in [-0.1, -0.05) is 19.1 Å². The average Bonchev–Trinajstić information content (AvgIpc) is 2.71. The quantitative estimate of drug-likeness (QED) is 0.865. The molecule has 2 N–H and O–H groups in total. The largest absolute Gasteiger partial charge is 0.508 e. The zero-order chi connectivity index (χ0) is 9.97. The summed E-state index contributed by atoms with van der Waals surface area (Å²) < 4.78 is 0. The summed E-state index contributed by atoms with van der Waals surface area (Å²) in [6.07, 6.45) is 0. The first-order valence-corrected chi connectivity index (χ1v) is 4.84. The van der Waals surface area contributed by atoms with Gasteiger partial charge < -0.3 is 10.4 Å². The average molecular weight is 271 g/mol. The summed E-state index contributed by atoms with van der Waals surface area (Å²) in [6, 6.07) is 7.29. The van der Waals surface area contributed by atoms with E-state index >= 15 is 0 Å². The Hall–Kier alpha value is -1.03. The van der Waals surface area contributed by atoms with Crippen LogP contribution in [0.3, 0.4) is 0 Å². The van der Waals surface area contributed by atoms with Crippen molar-refractivity contribution in [2.24, 2.45) is 4.99 Å². The molecule has 3 nitrogen and oxygen atoms in total. The van der Waals surface area contributed by atoms with Gasteiger partial charge in [0.1, 0.15) is 11.6 Å². The second-order valence-corrected chi connectivity index (χ2v) is 3.51. The van der Waals surface area contributed by atoms with Gasteiger partial charge in [-0.25, -0.2) is 0 Å². The molecule has 0 radical (unpaired) electrons. The zero-order valence-corrected chi connectivity index (χ0v) is 10.3. The maximum absolute atomic E-state index is 9.16. The molecule has 1 atom stereocenters. The highest BCUT2D eigenvalue weighted by Gasteiger charge is 2.15. The van der Waals surface area contributed by atoms with Crippen molar-refractivity contribution < 1.29 is 5.11 Å². The van der Waals surface area contributed by atoms with E-state index in [9.17, 15) is 0 Å². The first-order valence-electron chi connectivity index (χ1n) is 4.84. The van der Waals surface area contributed by atoms with Crippen molar-refractivity contribution in [1.82, 2.24) is 5.32 Å². The van der Waals surface area contributed by atoms with E-state index in [0.29, 0.717) is 5.75 Å². The fraction of sp³-hybridized carbons (Fsp3) is 0.364. The molecule has 1 heterocycles. The van der Waals surface area contributed by atoms with Gasteiger partial charge in [0.2, 0.25) is 0 Å². The molecule has 0 saturated carbocycles. The maximum atomic E-state index is 9.16. The van der Waals surface area contributed by atoms with Gasteiger partial charge in [-0.05, 0) is 17.7 Å². The minimum absolute atomic E-state index is 0. The Morgan fingerprint density at radius 1 is 1.33 bits per heavy atom. The predicted octanol–water partition coefficient (Wildman–Crippen LogP) is 2.08. The summed E-state index contributed by atoms with van der Waals surface area (Å²) in [5, 5.41) is 12.4. The van der Waals surface area contributed by atoms with Crippen molar-refractivity contribution in [2.45, 2.75) is 12.8 Å². The fourth-order valence-electron chi connectivity index (χ4n) is 1.63. The number of rotatable bonds is 2. The third-order valence-electron chi connectivity index (χ3n) is 2.50. The van der Waals surface area contributed by atoms with Gasteiger partial charge in [-0.3, -0.25) is 4.99 Å². The number of aliphatic imine (C=N–C) groups is 1. The zero-order valence-electron chi connectivity index (χ0n) is 8.60. The van der Waals surface area contributed by atoms with Crippen LogP contribution in [0.1, 0.15) is 18.4 Å². The molecular weight excluding hydrogens is 256 g/mol. The lowest BCUT2D eigenvalue weighted by molar-refractivity contribution is 0.475. The highest BCUT2D eigenvalue weighted by atomic mass is 79.9. The van der Waals surface area contributed by atoms with Crippen molar-refractivity contribution in [3.8, 4) is 5.75 Å². The monoisotopic (exact) mass is 270 g/mol. The maximum Gasteiger partial charge on any atom is 0.115 e. The SMILES string of the molecule is Br.CC(C1=NCCN1)c1ccc(O)cc1. The van der Waals surface area contributed by atoms with E-state index in [1.807, 2.05) is 12.1 Å². The van der Waals surface area contributed by atoms with Crippen molar-refractivity contribution in [3.05, 3.63) is 29.8 Å². The number of nitrogens with zero attached hydrogens (tertiary/aromatic N) is 1. The van der Waals surface area contributed by atoms with Crippen molar-refractivity contribution in [2.75, 3.05) is 13.1 Å². The van der Waals surface area contributed by atoms with Crippen LogP contribution in [0.5, 0.6) is 5.75 Å². The van der Waals surface area contributed by atoms with Crippen LogP contribution in [-0.2, 0) is 0 Å². The van der Waals surface area contributed by atoms with Crippen LogP contribution < -0.4 is 5.32 Å². The van der Waals surface area contributed by atoms with Crippen LogP contribution in [0.2, 0.25) is 0 Å². The van der Waals surface area contributed by atoms with Gasteiger partial charge >= 0.3 is 0 Å². The van der Waals surface area contributed by atoms with E-state index in [2.05, 4.69) is 17.2 Å². The Labute approximate surface area is 100 Å². The molecule has 0 amide bonds. The summed E-state index contributed by atoms with van der Waals surface area (Å²) in [6.45, 7) is 3.93. The van der Waals surface area contributed by atoms with Gasteiger partial charge in [0.25, 0.3) is 0 Å². The molecule has 1 aromatic rings. The molecule has 0 saturated heterocycles. The molecule has 1 aromatic carbocycles. The Balaban J connectivity index is 0.00000112. The second kappa shape index (κ2) is 5.16. The van der Waals surface area contributed by atoms with Gasteiger partial charge in [0.05, 0.1) is 6.54 Å². The van der Waals surface area contributed by atoms with Gasteiger partial charge in [-0.15, -0.1) is 17.0 Å². The number of benzene rings is 1. The summed E-state index contributed by atoms with van der Waals surface area (Å²) in [4.78, 5) is 4.38. The molecule has 82 valence electrons. The second-order valence-electron chi connectivity index (χ2n) is 3.51. The smallest absolute Gasteiger partial charge is 0.115 e. The van der Waals surface area contributed by atoms with E-state index in [-0.39, 0.29) is 22.9 Å². The fourth-order valence-corrected chi connectivity index (χ4v) is 1.63. The minimum Gasteiger partial charge on any atom is -0.508 e. The molecular formula is C11H15BrN2O. The van der Waals surface area contributed by atoms with Gasteiger partial charge in [0, 0.05) is 12.5 Å². The van der Waals surface area contributed by atoms with Crippen LogP contribution >= 0.6 is 17.0 Å². The first kappa shape index (κ1) is 12.0. The molecule has 1 aliphatic heterocycles. The number of hydrogen-bond acceptors (Lipinski definition) is 3. The number of phenolic OH excluding ortho intramolecular Hbond substituents is 1. The Kier molecular flexibility index (Phi) is 4.15. The number of amidine groups is 1. The van der Waals surface area contributed by atoms with Crippen LogP contribution in [-0.4, -0.2) is 24.0 Å². The Morgan fingerprint density at radius 3 is 2.53 bits per heavy atom. The van der Waals surface area contributed by atoms with Crippen LogP contribution in [0.15, 0.2) is 29.3 Å². The normalized spacial score (nSPS) is 16.2. The number of phenols is 1. The minimum atomic E-state index is 0. The molecule has 0 spiro atoms. The van der Waals surface area contributed by atoms with Crippen molar-refractivity contribution >= 4 is 22.8 Å². The van der Waals surface area contributed by atoms with E-state index in [1.165, 1.54) is 5.56 Å². The lowest BCUT2D eigenvalue weighted by atomic mass is 10.00. The molecule has 1 unspecified atom stereocenters. The molecule has 0 aliphatic carbocycles. The Bertz CT molecular complexity index is 348. The van der Waals surface area contributed by atoms with Crippen LogP contribution in [0.4, 0.5) is 0 Å². The summed E-state index contributed by atoms with van der Waals surface area (Å²) in [5.41, 5.74) is 1.18. The van der Waals surface area contributed by atoms with E-state index in [0.717, 1.165) is 18.9 Å². The van der Waals surface area contributed by atoms with Gasteiger partial charge in [0.15, 0.2) is 0 Å². The van der Waals surface area contributed by atoms with Gasteiger partial charge in [-0.2, -0.15) is 0 Å². The third kappa shape index (κ3) is 2.72. The molecule has 0 fully saturated rings. The summed E-state index contributed by atoms with van der Waals surface area (Å²) >= 11 is 0. The molecule has 0 aromatic heterocycles. The molecule has 15 heavy (non-hydrogen) atoms. The highest BCUT2D eigenvalue weighted by molar-refractivity contribution is 8.93.